The van der Waals surface area contributed by atoms with Crippen molar-refractivity contribution < 1.29 is 80.2 Å². The van der Waals surface area contributed by atoms with Gasteiger partial charge in [-0.05, 0) is 148 Å². The quantitative estimate of drug-likeness (QED) is 0.0169. The van der Waals surface area contributed by atoms with E-state index in [9.17, 15) is 43.2 Å². The van der Waals surface area contributed by atoms with Crippen LogP contribution in [0.25, 0.3) is 0 Å². The lowest BCUT2D eigenvalue weighted by atomic mass is 10.1. The van der Waals surface area contributed by atoms with E-state index in [4.69, 9.17) is 37.0 Å². The molecular formula is C81H130O17P2. The Hall–Kier alpha value is -5.58. The molecule has 17 nitrogen and oxygen atoms in total. The lowest BCUT2D eigenvalue weighted by Gasteiger charge is -2.21. The molecule has 3 N–H and O–H groups in total. The number of carbonyl (C=O) groups excluding carboxylic acids is 4. The number of allylic oxidation sites excluding steroid dienone is 27. The second kappa shape index (κ2) is 71.8. The first-order valence-corrected chi connectivity index (χ1v) is 40.4. The van der Waals surface area contributed by atoms with Crippen LogP contribution in [0.5, 0.6) is 0 Å². The molecule has 0 heterocycles. The Labute approximate surface area is 603 Å². The summed E-state index contributed by atoms with van der Waals surface area (Å²) in [5.74, 6) is -2.40. The number of phosphoric ester groups is 2. The highest BCUT2D eigenvalue weighted by atomic mass is 31.2. The minimum absolute atomic E-state index is 0.0492. The van der Waals surface area contributed by atoms with Crippen LogP contribution >= 0.6 is 15.6 Å². The molecule has 0 saturated carbocycles. The molecule has 5 unspecified atom stereocenters. The zero-order valence-electron chi connectivity index (χ0n) is 61.5. The molecule has 0 fully saturated rings. The van der Waals surface area contributed by atoms with Gasteiger partial charge < -0.3 is 33.8 Å². The maximum absolute atomic E-state index is 13.1. The second-order valence-corrected chi connectivity index (χ2v) is 27.0. The molecule has 19 heteroatoms. The minimum atomic E-state index is -5.01. The van der Waals surface area contributed by atoms with Crippen LogP contribution in [-0.4, -0.2) is 96.7 Å². The van der Waals surface area contributed by atoms with Crippen LogP contribution in [0.3, 0.4) is 0 Å². The molecule has 100 heavy (non-hydrogen) atoms. The van der Waals surface area contributed by atoms with Crippen LogP contribution in [0.1, 0.15) is 259 Å². The van der Waals surface area contributed by atoms with Gasteiger partial charge in [0.05, 0.1) is 32.8 Å². The van der Waals surface area contributed by atoms with Crippen molar-refractivity contribution in [3.63, 3.8) is 0 Å². The largest absolute Gasteiger partial charge is 0.472 e. The summed E-state index contributed by atoms with van der Waals surface area (Å²) in [5, 5.41) is 10.6. The fourth-order valence-electron chi connectivity index (χ4n) is 9.10. The van der Waals surface area contributed by atoms with E-state index in [1.54, 1.807) is 6.08 Å². The molecule has 0 aromatic carbocycles. The van der Waals surface area contributed by atoms with E-state index in [-0.39, 0.29) is 25.7 Å². The van der Waals surface area contributed by atoms with Gasteiger partial charge in [-0.1, -0.05) is 256 Å². The third-order valence-corrected chi connectivity index (χ3v) is 16.6. The van der Waals surface area contributed by atoms with Crippen LogP contribution in [0, 0.1) is 0 Å². The molecule has 0 rings (SSSR count). The van der Waals surface area contributed by atoms with Gasteiger partial charge in [0.2, 0.25) is 0 Å². The van der Waals surface area contributed by atoms with Crippen molar-refractivity contribution in [2.75, 3.05) is 39.6 Å². The van der Waals surface area contributed by atoms with Crippen molar-refractivity contribution in [1.82, 2.24) is 0 Å². The van der Waals surface area contributed by atoms with Gasteiger partial charge in [0.15, 0.2) is 12.2 Å². The van der Waals surface area contributed by atoms with Crippen molar-refractivity contribution in [2.45, 2.75) is 277 Å². The number of hydrogen-bond donors (Lipinski definition) is 3. The standard InChI is InChI=1S/C81H130O17P2/c1-5-9-13-17-21-25-29-33-36-37-40-43-46-50-54-58-62-66-79(84)92-71-76(97-80(85)67-63-59-55-51-47-41-32-28-24-20-16-12-8-4)73-95-99(87,88)93-69-75(82)70-94-100(89,90)96-74-77(98-81(86)68-64-60-56-52-48-44-39-35-31-27-23-19-15-11-7-3)72-91-78(83)65-61-57-53-49-45-42-38-34-30-26-22-18-14-10-6-2/h9-11,13-16,20-23,25-28,32-36,38-40,43,45,49,57,61,75-77,82H,5-8,12,17-19,24,29-31,37,41-42,44,46-48,50-56,58-60,62-74H2,1-4H3,(H,87,88)(H,89,90)/b13-9-,14-10-,15-11-,20-16-,25-21-,26-22-,27-23-,32-28-,36-33-,38-34-,39-35-,43-40-,49-45-,61-57-. The zero-order valence-corrected chi connectivity index (χ0v) is 63.3. The topological polar surface area (TPSA) is 237 Å². The maximum Gasteiger partial charge on any atom is 0.472 e. The molecule has 0 amide bonds. The third-order valence-electron chi connectivity index (χ3n) is 14.7. The number of ether oxygens (including phenoxy) is 4. The van der Waals surface area contributed by atoms with E-state index in [0.29, 0.717) is 25.7 Å². The number of carbonyl (C=O) groups is 4. The fraction of sp³-hybridized carbons (Fsp3) is 0.605. The molecule has 0 aromatic heterocycles. The van der Waals surface area contributed by atoms with E-state index in [1.165, 1.54) is 0 Å². The molecule has 5 atom stereocenters. The molecule has 0 aliphatic rings. The number of phosphoric acid groups is 2. The highest BCUT2D eigenvalue weighted by Crippen LogP contribution is 2.45. The normalized spacial score (nSPS) is 14.9. The third kappa shape index (κ3) is 70.8. The molecular weight excluding hydrogens is 1310 g/mol. The summed E-state index contributed by atoms with van der Waals surface area (Å²) in [7, 11) is -10.0. The van der Waals surface area contributed by atoms with Gasteiger partial charge in [-0.2, -0.15) is 0 Å². The lowest BCUT2D eigenvalue weighted by Crippen LogP contribution is -2.30. The Morgan fingerprint density at radius 2 is 0.560 bits per heavy atom. The Balaban J connectivity index is 5.47. The van der Waals surface area contributed by atoms with Crippen molar-refractivity contribution >= 4 is 39.5 Å². The summed E-state index contributed by atoms with van der Waals surface area (Å²) < 4.78 is 68.3. The highest BCUT2D eigenvalue weighted by Gasteiger charge is 2.30. The van der Waals surface area contributed by atoms with E-state index in [0.717, 1.165) is 180 Å². The molecule has 566 valence electrons. The number of hydrogen-bond acceptors (Lipinski definition) is 15. The van der Waals surface area contributed by atoms with Crippen LogP contribution < -0.4 is 0 Å². The predicted octanol–water partition coefficient (Wildman–Crippen LogP) is 21.4. The monoisotopic (exact) mass is 1440 g/mol. The zero-order chi connectivity index (χ0) is 73.2. The average Bonchev–Trinajstić information content (AvgIpc) is 0.988. The van der Waals surface area contributed by atoms with Gasteiger partial charge in [-0.25, -0.2) is 9.13 Å². The van der Waals surface area contributed by atoms with Gasteiger partial charge in [-0.15, -0.1) is 0 Å². The first kappa shape index (κ1) is 94.4. The minimum Gasteiger partial charge on any atom is -0.462 e. The Bertz CT molecular complexity index is 2570. The second-order valence-electron chi connectivity index (χ2n) is 24.1. The smallest absolute Gasteiger partial charge is 0.462 e. The van der Waals surface area contributed by atoms with Gasteiger partial charge in [0.1, 0.15) is 19.3 Å². The highest BCUT2D eigenvalue weighted by molar-refractivity contribution is 7.47. The average molecular weight is 1440 g/mol. The SMILES string of the molecule is CC/C=C\C/C=C\C/C=C\C/C=C\C/C=C\CC(=O)OCC(COP(=O)(O)OCC(O)COP(=O)(O)OCC(COC(=O)CCCCCC/C=C\C/C=C\C/C=C\C/C=C\CC)OC(=O)CCCCCCC/C=C\C/C=C\CCC)OC(=O)CCCCCCC/C=C\C/C=C\C/C=C\CC. The number of unbranched alkanes of at least 4 members (excludes halogenated alkanes) is 15. The molecule has 0 bridgehead atoms. The summed E-state index contributed by atoms with van der Waals surface area (Å²) in [6, 6.07) is 0. The van der Waals surface area contributed by atoms with Crippen molar-refractivity contribution in [1.29, 1.82) is 0 Å². The lowest BCUT2D eigenvalue weighted by molar-refractivity contribution is -0.161. The van der Waals surface area contributed by atoms with E-state index in [1.807, 2.05) is 18.2 Å². The van der Waals surface area contributed by atoms with Crippen LogP contribution in [0.4, 0.5) is 0 Å². The van der Waals surface area contributed by atoms with Crippen molar-refractivity contribution in [3.05, 3.63) is 170 Å². The molecule has 0 saturated heterocycles. The first-order chi connectivity index (χ1) is 48.7. The van der Waals surface area contributed by atoms with E-state index >= 15 is 0 Å². The summed E-state index contributed by atoms with van der Waals surface area (Å²) in [5.41, 5.74) is 0. The molecule has 0 radical (unpaired) electrons. The summed E-state index contributed by atoms with van der Waals surface area (Å²) in [6.45, 7) is 4.25. The molecule has 0 spiro atoms. The summed E-state index contributed by atoms with van der Waals surface area (Å²) in [6.07, 6.45) is 83.8. The maximum atomic E-state index is 13.1. The van der Waals surface area contributed by atoms with Gasteiger partial charge in [0.25, 0.3) is 0 Å². The number of aliphatic hydroxyl groups excluding tert-OH is 1. The van der Waals surface area contributed by atoms with Crippen molar-refractivity contribution in [3.8, 4) is 0 Å². The van der Waals surface area contributed by atoms with Gasteiger partial charge >= 0.3 is 39.5 Å². The molecule has 0 aromatic rings. The number of esters is 4. The van der Waals surface area contributed by atoms with Crippen LogP contribution in [0.15, 0.2) is 170 Å². The van der Waals surface area contributed by atoms with E-state index < -0.39 is 97.5 Å². The van der Waals surface area contributed by atoms with E-state index in [2.05, 4.69) is 174 Å². The summed E-state index contributed by atoms with van der Waals surface area (Å²) >= 11 is 0. The van der Waals surface area contributed by atoms with Crippen LogP contribution in [-0.2, 0) is 65.4 Å². The predicted molar refractivity (Wildman–Crippen MR) is 408 cm³/mol. The number of aliphatic hydroxyl groups is 1. The van der Waals surface area contributed by atoms with Crippen molar-refractivity contribution in [2.24, 2.45) is 0 Å². The number of rotatable bonds is 68. The fourth-order valence-corrected chi connectivity index (χ4v) is 10.7. The van der Waals surface area contributed by atoms with Gasteiger partial charge in [0, 0.05) is 19.3 Å². The summed E-state index contributed by atoms with van der Waals surface area (Å²) in [4.78, 5) is 72.8. The Kier molecular flexibility index (Phi) is 67.8. The van der Waals surface area contributed by atoms with Gasteiger partial charge in [-0.3, -0.25) is 37.3 Å². The Morgan fingerprint density at radius 3 is 0.890 bits per heavy atom. The van der Waals surface area contributed by atoms with Crippen LogP contribution in [0.2, 0.25) is 0 Å². The molecule has 0 aliphatic carbocycles. The molecule has 0 aliphatic heterocycles. The Morgan fingerprint density at radius 1 is 0.300 bits per heavy atom. The first-order valence-electron chi connectivity index (χ1n) is 37.4.